The topological polar surface area (TPSA) is 7.76 Å². The lowest BCUT2D eigenvalue weighted by Gasteiger charge is -2.17. The van der Waals surface area contributed by atoms with E-state index in [4.69, 9.17) is 0 Å². The van der Waals surface area contributed by atoms with Crippen LogP contribution in [-0.4, -0.2) is 0 Å². The van der Waals surface area contributed by atoms with Crippen LogP contribution in [0, 0.1) is 0 Å². The van der Waals surface area contributed by atoms with E-state index in [9.17, 15) is 0 Å². The number of aromatic nitrogens is 2. The molecule has 0 amide bonds. The molecule has 2 aromatic heterocycles. The van der Waals surface area contributed by atoms with Crippen molar-refractivity contribution in [1.82, 2.24) is 0 Å². The van der Waals surface area contributed by atoms with Gasteiger partial charge < -0.3 is 24.8 Å². The zero-order chi connectivity index (χ0) is 17.8. The van der Waals surface area contributed by atoms with Gasteiger partial charge in [-0.3, -0.25) is 0 Å². The fourth-order valence-electron chi connectivity index (χ4n) is 2.55. The number of halogens is 2. The minimum absolute atomic E-state index is 0. The van der Waals surface area contributed by atoms with Gasteiger partial charge >= 0.3 is 0 Å². The van der Waals surface area contributed by atoms with Gasteiger partial charge in [-0.1, -0.05) is 41.5 Å². The highest BCUT2D eigenvalue weighted by atomic mass is 35.5. The van der Waals surface area contributed by atoms with Crippen LogP contribution in [0.3, 0.4) is 0 Å². The minimum atomic E-state index is 0. The standard InChI is InChI=1S/C22H32N2.2ClH/c1-21(2,3)19-9-15-23(16-10-19)13-7-8-14-24-17-11-20(12-18-24)22(4,5)6;;/h7-12,15-18H,13-14H2,1-6H3;2*1H/q+2;;/p-2/b8-7-;;. The van der Waals surface area contributed by atoms with Crippen LogP contribution in [0.15, 0.2) is 61.2 Å². The third-order valence-electron chi connectivity index (χ3n) is 4.31. The van der Waals surface area contributed by atoms with Gasteiger partial charge in [-0.2, -0.15) is 0 Å². The van der Waals surface area contributed by atoms with Crippen molar-refractivity contribution in [3.8, 4) is 0 Å². The predicted octanol–water partition coefficient (Wildman–Crippen LogP) is -1.88. The van der Waals surface area contributed by atoms with Gasteiger partial charge in [0.05, 0.1) is 0 Å². The molecule has 0 unspecified atom stereocenters. The lowest BCUT2D eigenvalue weighted by Crippen LogP contribution is -3.00. The number of pyridine rings is 2. The van der Waals surface area contributed by atoms with Crippen molar-refractivity contribution in [2.24, 2.45) is 0 Å². The van der Waals surface area contributed by atoms with Crippen LogP contribution in [0.2, 0.25) is 0 Å². The Morgan fingerprint density at radius 2 is 0.885 bits per heavy atom. The monoisotopic (exact) mass is 394 g/mol. The Kier molecular flexibility index (Phi) is 9.55. The van der Waals surface area contributed by atoms with E-state index in [0.29, 0.717) is 0 Å². The molecule has 0 radical (unpaired) electrons. The van der Waals surface area contributed by atoms with Crippen LogP contribution in [0.5, 0.6) is 0 Å². The highest BCUT2D eigenvalue weighted by Crippen LogP contribution is 2.20. The number of hydrogen-bond donors (Lipinski definition) is 0. The van der Waals surface area contributed by atoms with Crippen LogP contribution in [-0.2, 0) is 23.9 Å². The molecule has 2 nitrogen and oxygen atoms in total. The van der Waals surface area contributed by atoms with Crippen LogP contribution in [0.25, 0.3) is 0 Å². The van der Waals surface area contributed by atoms with Gasteiger partial charge in [0.15, 0.2) is 37.9 Å². The van der Waals surface area contributed by atoms with E-state index in [0.717, 1.165) is 13.1 Å². The summed E-state index contributed by atoms with van der Waals surface area (Å²) in [5.74, 6) is 0. The second-order valence-electron chi connectivity index (χ2n) is 8.54. The molecule has 0 aliphatic heterocycles. The third-order valence-corrected chi connectivity index (χ3v) is 4.31. The van der Waals surface area contributed by atoms with Gasteiger partial charge in [0.2, 0.25) is 0 Å². The second kappa shape index (κ2) is 10.1. The number of rotatable bonds is 4. The van der Waals surface area contributed by atoms with Gasteiger partial charge in [-0.05, 0) is 34.1 Å². The van der Waals surface area contributed by atoms with Crippen LogP contribution >= 0.6 is 0 Å². The first kappa shape index (κ1) is 24.6. The largest absolute Gasteiger partial charge is 1.00 e. The van der Waals surface area contributed by atoms with Gasteiger partial charge in [0, 0.05) is 24.3 Å². The highest BCUT2D eigenvalue weighted by Gasteiger charge is 2.15. The number of hydrogen-bond acceptors (Lipinski definition) is 0. The maximum absolute atomic E-state index is 2.24. The Morgan fingerprint density at radius 3 is 1.12 bits per heavy atom. The normalized spacial score (nSPS) is 11.8. The van der Waals surface area contributed by atoms with Gasteiger partial charge in [-0.25, -0.2) is 9.13 Å². The minimum Gasteiger partial charge on any atom is -1.00 e. The molecule has 0 bridgehead atoms. The zero-order valence-corrected chi connectivity index (χ0v) is 18.3. The molecule has 0 saturated carbocycles. The molecular weight excluding hydrogens is 363 g/mol. The molecule has 2 heterocycles. The van der Waals surface area contributed by atoms with Crippen molar-refractivity contribution in [3.63, 3.8) is 0 Å². The van der Waals surface area contributed by atoms with E-state index in [-0.39, 0.29) is 35.6 Å². The zero-order valence-electron chi connectivity index (χ0n) is 16.8. The first-order valence-electron chi connectivity index (χ1n) is 8.80. The number of nitrogens with zero attached hydrogens (tertiary/aromatic N) is 2. The van der Waals surface area contributed by atoms with Gasteiger partial charge in [0.1, 0.15) is 0 Å². The molecule has 2 aromatic rings. The predicted molar refractivity (Wildman–Crippen MR) is 99.8 cm³/mol. The summed E-state index contributed by atoms with van der Waals surface area (Å²) in [5, 5.41) is 0. The van der Waals surface area contributed by atoms with Crippen molar-refractivity contribution in [2.45, 2.75) is 65.5 Å². The Hall–Kier alpha value is -1.38. The van der Waals surface area contributed by atoms with Crippen LogP contribution in [0.1, 0.15) is 52.7 Å². The first-order chi connectivity index (χ1) is 11.2. The van der Waals surface area contributed by atoms with Crippen molar-refractivity contribution < 1.29 is 33.9 Å². The highest BCUT2D eigenvalue weighted by molar-refractivity contribution is 5.18. The fourth-order valence-corrected chi connectivity index (χ4v) is 2.55. The van der Waals surface area contributed by atoms with E-state index in [1.807, 2.05) is 0 Å². The van der Waals surface area contributed by atoms with E-state index in [1.54, 1.807) is 0 Å². The van der Waals surface area contributed by atoms with E-state index >= 15 is 0 Å². The second-order valence-corrected chi connectivity index (χ2v) is 8.54. The summed E-state index contributed by atoms with van der Waals surface area (Å²) in [6.07, 6.45) is 13.1. The Bertz CT molecular complexity index is 615. The van der Waals surface area contributed by atoms with Crippen molar-refractivity contribution in [2.75, 3.05) is 0 Å². The summed E-state index contributed by atoms with van der Waals surface area (Å²) in [5.41, 5.74) is 3.17. The summed E-state index contributed by atoms with van der Waals surface area (Å²) in [7, 11) is 0. The van der Waals surface area contributed by atoms with Gasteiger partial charge in [0.25, 0.3) is 0 Å². The maximum Gasteiger partial charge on any atom is 0.169 e. The molecule has 0 saturated heterocycles. The summed E-state index contributed by atoms with van der Waals surface area (Å²) >= 11 is 0. The molecule has 0 aliphatic carbocycles. The van der Waals surface area contributed by atoms with E-state index in [2.05, 4.69) is 112 Å². The maximum atomic E-state index is 2.24. The molecule has 0 aliphatic rings. The first-order valence-corrected chi connectivity index (χ1v) is 8.80. The van der Waals surface area contributed by atoms with E-state index in [1.165, 1.54) is 11.1 Å². The van der Waals surface area contributed by atoms with Crippen molar-refractivity contribution in [3.05, 3.63) is 72.3 Å². The average Bonchev–Trinajstić information content (AvgIpc) is 2.51. The van der Waals surface area contributed by atoms with Crippen molar-refractivity contribution in [1.29, 1.82) is 0 Å². The molecule has 4 heteroatoms. The molecule has 26 heavy (non-hydrogen) atoms. The summed E-state index contributed by atoms with van der Waals surface area (Å²) in [6, 6.07) is 8.86. The SMILES string of the molecule is CC(C)(C)c1cc[n+](C/C=C\C[n+]2ccc(C(C)(C)C)cc2)cc1.[Cl-].[Cl-]. The Labute approximate surface area is 171 Å². The van der Waals surface area contributed by atoms with Crippen LogP contribution in [0.4, 0.5) is 0 Å². The fraction of sp³-hybridized carbons (Fsp3) is 0.455. The Balaban J connectivity index is 0.00000312. The molecule has 144 valence electrons. The molecule has 0 aromatic carbocycles. The Morgan fingerprint density at radius 1 is 0.615 bits per heavy atom. The molecule has 0 fully saturated rings. The number of allylic oxidation sites excluding steroid dienone is 2. The summed E-state index contributed by atoms with van der Waals surface area (Å²) in [4.78, 5) is 0. The third kappa shape index (κ3) is 7.47. The lowest BCUT2D eigenvalue weighted by molar-refractivity contribution is -0.691. The molecule has 2 rings (SSSR count). The van der Waals surface area contributed by atoms with Crippen molar-refractivity contribution >= 4 is 0 Å². The smallest absolute Gasteiger partial charge is 0.169 e. The average molecular weight is 395 g/mol. The molecule has 0 spiro atoms. The quantitative estimate of drug-likeness (QED) is 0.423. The van der Waals surface area contributed by atoms with E-state index < -0.39 is 0 Å². The summed E-state index contributed by atoms with van der Waals surface area (Å²) in [6.45, 7) is 15.3. The van der Waals surface area contributed by atoms with Gasteiger partial charge in [-0.15, -0.1) is 0 Å². The molecule has 0 N–H and O–H groups in total. The molecular formula is C22H32Cl2N2. The van der Waals surface area contributed by atoms with Crippen LogP contribution < -0.4 is 33.9 Å². The summed E-state index contributed by atoms with van der Waals surface area (Å²) < 4.78 is 4.41. The lowest BCUT2D eigenvalue weighted by atomic mass is 9.88. The molecule has 0 atom stereocenters.